The molecule has 5 heteroatoms. The van der Waals surface area contributed by atoms with Gasteiger partial charge >= 0.3 is 0 Å². The fraction of sp³-hybridized carbons (Fsp3) is 0.462. The molecule has 1 aromatic carbocycles. The highest BCUT2D eigenvalue weighted by Gasteiger charge is 2.27. The fourth-order valence-corrected chi connectivity index (χ4v) is 3.31. The maximum atomic E-state index is 11.6. The smallest absolute Gasteiger partial charge is 0.152 e. The Kier molecular flexibility index (Phi) is 3.58. The number of hydrogen-bond acceptors (Lipinski definition) is 4. The van der Waals surface area contributed by atoms with Crippen molar-refractivity contribution in [2.24, 2.45) is 0 Å². The predicted octanol–water partition coefficient (Wildman–Crippen LogP) is 1.57. The van der Waals surface area contributed by atoms with Gasteiger partial charge in [0.25, 0.3) is 0 Å². The topological polar surface area (TPSA) is 61.2 Å². The van der Waals surface area contributed by atoms with Crippen molar-refractivity contribution in [1.82, 2.24) is 0 Å². The Balaban J connectivity index is 2.16. The lowest BCUT2D eigenvalue weighted by Gasteiger charge is -2.33. The molecule has 1 unspecified atom stereocenters. The lowest BCUT2D eigenvalue weighted by Crippen LogP contribution is -2.41. The Morgan fingerprint density at radius 1 is 1.33 bits per heavy atom. The van der Waals surface area contributed by atoms with Gasteiger partial charge in [-0.15, -0.1) is 0 Å². The maximum absolute atomic E-state index is 11.6. The molecule has 0 amide bonds. The summed E-state index contributed by atoms with van der Waals surface area (Å²) in [5, 5.41) is 8.47. The summed E-state index contributed by atoms with van der Waals surface area (Å²) in [6, 6.07) is 9.36. The quantitative estimate of drug-likeness (QED) is 0.813. The third-order valence-electron chi connectivity index (χ3n) is 3.35. The summed E-state index contributed by atoms with van der Waals surface area (Å²) in [4.78, 5) is 2.08. The minimum Gasteiger partial charge on any atom is -0.370 e. The van der Waals surface area contributed by atoms with Gasteiger partial charge in [0.05, 0.1) is 16.9 Å². The molecule has 1 aromatic rings. The molecule has 18 heavy (non-hydrogen) atoms. The van der Waals surface area contributed by atoms with Crippen molar-refractivity contribution in [3.8, 4) is 6.07 Å². The Bertz CT molecular complexity index is 558. The molecule has 0 aromatic heterocycles. The van der Waals surface area contributed by atoms with Crippen LogP contribution >= 0.6 is 0 Å². The van der Waals surface area contributed by atoms with Crippen LogP contribution in [-0.2, 0) is 9.84 Å². The van der Waals surface area contributed by atoms with Gasteiger partial charge in [0.1, 0.15) is 0 Å². The monoisotopic (exact) mass is 264 g/mol. The number of sulfone groups is 1. The molecule has 0 bridgehead atoms. The van der Waals surface area contributed by atoms with Crippen molar-refractivity contribution in [1.29, 1.82) is 5.26 Å². The third-order valence-corrected chi connectivity index (χ3v) is 4.94. The Hall–Kier alpha value is -1.54. The number of piperidine rings is 1. The molecule has 0 saturated carbocycles. The van der Waals surface area contributed by atoms with E-state index in [0.717, 1.165) is 25.1 Å². The maximum Gasteiger partial charge on any atom is 0.152 e. The number of nitrogens with zero attached hydrogens (tertiary/aromatic N) is 2. The molecule has 1 aliphatic rings. The Labute approximate surface area is 108 Å². The highest BCUT2D eigenvalue weighted by Crippen LogP contribution is 2.23. The van der Waals surface area contributed by atoms with Crippen molar-refractivity contribution < 1.29 is 8.42 Å². The molecule has 0 spiro atoms. The molecule has 0 aliphatic carbocycles. The van der Waals surface area contributed by atoms with E-state index in [1.165, 1.54) is 6.26 Å². The van der Waals surface area contributed by atoms with Gasteiger partial charge in [-0.05, 0) is 37.1 Å². The van der Waals surface area contributed by atoms with E-state index in [1.807, 2.05) is 12.1 Å². The first-order chi connectivity index (χ1) is 8.50. The van der Waals surface area contributed by atoms with E-state index >= 15 is 0 Å². The van der Waals surface area contributed by atoms with E-state index in [9.17, 15) is 8.42 Å². The Morgan fingerprint density at radius 2 is 2.00 bits per heavy atom. The molecule has 2 rings (SSSR count). The van der Waals surface area contributed by atoms with E-state index in [0.29, 0.717) is 12.1 Å². The minimum absolute atomic E-state index is 0.276. The molecule has 1 atom stereocenters. The van der Waals surface area contributed by atoms with Crippen LogP contribution in [0, 0.1) is 11.3 Å². The fourth-order valence-electron chi connectivity index (χ4n) is 2.27. The summed E-state index contributed by atoms with van der Waals surface area (Å²) in [6.45, 7) is 1.42. The van der Waals surface area contributed by atoms with Gasteiger partial charge in [0, 0.05) is 25.0 Å². The number of anilines is 1. The van der Waals surface area contributed by atoms with Crippen molar-refractivity contribution in [3.05, 3.63) is 29.8 Å². The van der Waals surface area contributed by atoms with Crippen LogP contribution in [0.2, 0.25) is 0 Å². The van der Waals surface area contributed by atoms with Crippen LogP contribution in [0.25, 0.3) is 0 Å². The summed E-state index contributed by atoms with van der Waals surface area (Å²) in [5.74, 6) is 0. The molecule has 1 heterocycles. The zero-order valence-electron chi connectivity index (χ0n) is 10.3. The van der Waals surface area contributed by atoms with Gasteiger partial charge in [-0.1, -0.05) is 0 Å². The molecule has 96 valence electrons. The minimum atomic E-state index is -2.97. The van der Waals surface area contributed by atoms with Gasteiger partial charge in [-0.2, -0.15) is 5.26 Å². The van der Waals surface area contributed by atoms with E-state index in [-0.39, 0.29) is 5.25 Å². The van der Waals surface area contributed by atoms with Crippen LogP contribution in [0.5, 0.6) is 0 Å². The van der Waals surface area contributed by atoms with E-state index in [2.05, 4.69) is 11.0 Å². The van der Waals surface area contributed by atoms with Crippen LogP contribution in [-0.4, -0.2) is 33.0 Å². The lowest BCUT2D eigenvalue weighted by molar-refractivity contribution is 0.536. The second kappa shape index (κ2) is 4.99. The number of rotatable bonds is 2. The van der Waals surface area contributed by atoms with Crippen molar-refractivity contribution >= 4 is 15.5 Å². The second-order valence-corrected chi connectivity index (χ2v) is 7.02. The lowest BCUT2D eigenvalue weighted by atomic mass is 10.1. The Morgan fingerprint density at radius 3 is 2.56 bits per heavy atom. The van der Waals surface area contributed by atoms with Crippen molar-refractivity contribution in [3.63, 3.8) is 0 Å². The SMILES string of the molecule is CS(=O)(=O)C1CCCN(c2ccc(C#N)cc2)C1. The average molecular weight is 264 g/mol. The van der Waals surface area contributed by atoms with Crippen molar-refractivity contribution in [2.45, 2.75) is 18.1 Å². The highest BCUT2D eigenvalue weighted by atomic mass is 32.2. The van der Waals surface area contributed by atoms with Crippen LogP contribution in [0.3, 0.4) is 0 Å². The standard InChI is InChI=1S/C13H16N2O2S/c1-18(16,17)13-3-2-8-15(10-13)12-6-4-11(9-14)5-7-12/h4-7,13H,2-3,8,10H2,1H3. The van der Waals surface area contributed by atoms with Crippen LogP contribution in [0.4, 0.5) is 5.69 Å². The zero-order chi connectivity index (χ0) is 13.2. The summed E-state index contributed by atoms with van der Waals surface area (Å²) in [5.41, 5.74) is 1.61. The third kappa shape index (κ3) is 2.82. The second-order valence-electron chi connectivity index (χ2n) is 4.70. The molecule has 0 N–H and O–H groups in total. The zero-order valence-corrected chi connectivity index (χ0v) is 11.2. The first-order valence-corrected chi connectivity index (χ1v) is 7.90. The number of hydrogen-bond donors (Lipinski definition) is 0. The van der Waals surface area contributed by atoms with E-state index in [1.54, 1.807) is 12.1 Å². The summed E-state index contributed by atoms with van der Waals surface area (Å²) in [6.07, 6.45) is 2.93. The molecule has 1 saturated heterocycles. The first-order valence-electron chi connectivity index (χ1n) is 5.94. The van der Waals surface area contributed by atoms with Crippen molar-refractivity contribution in [2.75, 3.05) is 24.2 Å². The number of benzene rings is 1. The summed E-state index contributed by atoms with van der Waals surface area (Å²) in [7, 11) is -2.97. The number of nitriles is 1. The molecule has 4 nitrogen and oxygen atoms in total. The molecule has 0 radical (unpaired) electrons. The first kappa shape index (κ1) is 12.9. The molecule has 1 aliphatic heterocycles. The summed E-state index contributed by atoms with van der Waals surface area (Å²) < 4.78 is 23.2. The predicted molar refractivity (Wildman–Crippen MR) is 71.2 cm³/mol. The summed E-state index contributed by atoms with van der Waals surface area (Å²) >= 11 is 0. The molecule has 1 fully saturated rings. The average Bonchev–Trinajstić information content (AvgIpc) is 2.38. The van der Waals surface area contributed by atoms with Gasteiger partial charge in [0.2, 0.25) is 0 Å². The van der Waals surface area contributed by atoms with Gasteiger partial charge in [-0.25, -0.2) is 8.42 Å². The van der Waals surface area contributed by atoms with Gasteiger partial charge in [-0.3, -0.25) is 0 Å². The van der Waals surface area contributed by atoms with Crippen LogP contribution in [0.1, 0.15) is 18.4 Å². The largest absolute Gasteiger partial charge is 0.370 e. The van der Waals surface area contributed by atoms with Crippen LogP contribution < -0.4 is 4.90 Å². The van der Waals surface area contributed by atoms with E-state index < -0.39 is 9.84 Å². The van der Waals surface area contributed by atoms with Crippen LogP contribution in [0.15, 0.2) is 24.3 Å². The van der Waals surface area contributed by atoms with Gasteiger partial charge < -0.3 is 4.90 Å². The molecular formula is C13H16N2O2S. The molecular weight excluding hydrogens is 248 g/mol. The van der Waals surface area contributed by atoms with E-state index in [4.69, 9.17) is 5.26 Å². The normalized spacial score (nSPS) is 20.4. The van der Waals surface area contributed by atoms with Gasteiger partial charge in [0.15, 0.2) is 9.84 Å². The highest BCUT2D eigenvalue weighted by molar-refractivity contribution is 7.91.